The molecule has 3 rings (SSSR count). The molecule has 0 aliphatic carbocycles. The first-order valence-corrected chi connectivity index (χ1v) is 12.4. The van der Waals surface area contributed by atoms with Gasteiger partial charge in [-0.1, -0.05) is 18.5 Å². The van der Waals surface area contributed by atoms with Crippen molar-refractivity contribution in [1.82, 2.24) is 15.2 Å². The molecule has 3 heterocycles. The molecule has 0 spiro atoms. The van der Waals surface area contributed by atoms with Gasteiger partial charge >= 0.3 is 18.2 Å². The minimum atomic E-state index is -1.38. The lowest BCUT2D eigenvalue weighted by Gasteiger charge is -2.49. The van der Waals surface area contributed by atoms with E-state index in [1.54, 1.807) is 5.38 Å². The number of hydrogen-bond donors (Lipinski definition) is 4. The minimum absolute atomic E-state index is 0.135. The van der Waals surface area contributed by atoms with Gasteiger partial charge in [0.2, 0.25) is 0 Å². The third kappa shape index (κ3) is 6.03. The number of nitrogens with zero attached hydrogens (tertiary/aromatic N) is 4. The highest BCUT2D eigenvalue weighted by Crippen LogP contribution is 2.40. The van der Waals surface area contributed by atoms with Crippen LogP contribution in [0.3, 0.4) is 0 Å². The number of aromatic nitrogens is 1. The van der Waals surface area contributed by atoms with Gasteiger partial charge in [0.1, 0.15) is 29.9 Å². The van der Waals surface area contributed by atoms with Crippen molar-refractivity contribution < 1.29 is 38.7 Å². The number of amides is 4. The molecule has 1 aromatic heterocycles. The molecule has 2 aliphatic rings. The van der Waals surface area contributed by atoms with E-state index >= 15 is 0 Å². The largest absolute Gasteiger partial charge is 0.477 e. The molecule has 0 saturated carbocycles. The number of thioether (sulfide) groups is 1. The summed E-state index contributed by atoms with van der Waals surface area (Å²) in [6.45, 7) is 1.87. The highest BCUT2D eigenvalue weighted by molar-refractivity contribution is 8.00. The average Bonchev–Trinajstić information content (AvgIpc) is 3.26. The molecule has 17 heteroatoms. The number of carbonyl (C=O) groups is 5. The van der Waals surface area contributed by atoms with E-state index in [-0.39, 0.29) is 28.8 Å². The van der Waals surface area contributed by atoms with Gasteiger partial charge in [-0.05, 0) is 6.42 Å². The Morgan fingerprint density at radius 1 is 1.42 bits per heavy atom. The van der Waals surface area contributed by atoms with Gasteiger partial charge in [-0.15, -0.1) is 23.1 Å². The summed E-state index contributed by atoms with van der Waals surface area (Å²) >= 11 is 2.32. The molecule has 36 heavy (non-hydrogen) atoms. The van der Waals surface area contributed by atoms with Crippen LogP contribution in [-0.2, 0) is 24.0 Å². The van der Waals surface area contributed by atoms with E-state index in [1.807, 2.05) is 6.92 Å². The van der Waals surface area contributed by atoms with Crippen molar-refractivity contribution in [2.45, 2.75) is 31.2 Å². The van der Waals surface area contributed by atoms with Gasteiger partial charge in [0, 0.05) is 23.3 Å². The number of nitrogens with one attached hydrogen (secondary N) is 1. The summed E-state index contributed by atoms with van der Waals surface area (Å²) in [5.74, 6) is -2.46. The Labute approximate surface area is 212 Å². The fraction of sp³-hybridized carbons (Fsp3) is 0.421. The number of β-lactam (4-membered cyclic amide) rings is 1. The molecular weight excluding hydrogens is 518 g/mol. The summed E-state index contributed by atoms with van der Waals surface area (Å²) in [4.78, 5) is 70.9. The molecule has 0 aromatic carbocycles. The minimum Gasteiger partial charge on any atom is -0.477 e. The number of carboxylic acids is 1. The maximum Gasteiger partial charge on any atom is 0.441 e. The summed E-state index contributed by atoms with van der Waals surface area (Å²) < 4.78 is 4.65. The molecule has 1 saturated heterocycles. The zero-order chi connectivity index (χ0) is 26.4. The van der Waals surface area contributed by atoms with E-state index in [2.05, 4.69) is 20.2 Å². The van der Waals surface area contributed by atoms with E-state index in [1.165, 1.54) is 16.7 Å². The van der Waals surface area contributed by atoms with E-state index in [4.69, 9.17) is 16.3 Å². The van der Waals surface area contributed by atoms with Crippen molar-refractivity contribution in [1.29, 1.82) is 0 Å². The van der Waals surface area contributed by atoms with Crippen molar-refractivity contribution in [3.05, 3.63) is 16.7 Å². The molecule has 4 amide bonds. The number of oxime groups is 1. The predicted molar refractivity (Wildman–Crippen MR) is 129 cm³/mol. The number of aliphatic carboxylic acids is 1. The second-order valence-corrected chi connectivity index (χ2v) is 9.40. The van der Waals surface area contributed by atoms with Crippen molar-refractivity contribution >= 4 is 70.2 Å². The second-order valence-electron chi connectivity index (χ2n) is 7.40. The van der Waals surface area contributed by atoms with E-state index in [9.17, 15) is 29.1 Å². The second kappa shape index (κ2) is 11.7. The molecule has 2 aliphatic heterocycles. The number of thiazole rings is 1. The summed E-state index contributed by atoms with van der Waals surface area (Å²) in [6, 6.07) is -1.03. The maximum atomic E-state index is 12.6. The first kappa shape index (κ1) is 26.7. The number of ether oxygens (including phenoxy) is 1. The molecule has 194 valence electrons. The van der Waals surface area contributed by atoms with Crippen LogP contribution >= 0.6 is 23.1 Å². The van der Waals surface area contributed by atoms with Crippen LogP contribution in [-0.4, -0.2) is 81.5 Å². The van der Waals surface area contributed by atoms with Crippen LogP contribution in [0.5, 0.6) is 0 Å². The SMILES string of the molecule is CCCCN(C(=O)O/N=C/C(=O)NC1C(=O)N2C(C(=O)O)=C(COC(N)=O)CSC12)c1csc(N)n1. The Balaban J connectivity index is 1.58. The lowest BCUT2D eigenvalue weighted by Crippen LogP contribution is -2.70. The fourth-order valence-corrected chi connectivity index (χ4v) is 5.21. The molecule has 0 radical (unpaired) electrons. The van der Waals surface area contributed by atoms with Crippen LogP contribution in [0.1, 0.15) is 19.8 Å². The van der Waals surface area contributed by atoms with Crippen molar-refractivity contribution in [2.24, 2.45) is 10.9 Å². The van der Waals surface area contributed by atoms with Crippen LogP contribution in [0, 0.1) is 0 Å². The first-order valence-electron chi connectivity index (χ1n) is 10.5. The zero-order valence-electron chi connectivity index (χ0n) is 18.9. The number of rotatable bonds is 10. The van der Waals surface area contributed by atoms with E-state index in [0.717, 1.165) is 22.7 Å². The third-order valence-electron chi connectivity index (χ3n) is 4.98. The Bertz CT molecular complexity index is 1120. The third-order valence-corrected chi connectivity index (χ3v) is 6.98. The number of fused-ring (bicyclic) bond motifs is 1. The highest BCUT2D eigenvalue weighted by atomic mass is 32.2. The maximum absolute atomic E-state index is 12.6. The van der Waals surface area contributed by atoms with E-state index < -0.39 is 41.4 Å². The number of hydrogen-bond acceptors (Lipinski definition) is 12. The summed E-state index contributed by atoms with van der Waals surface area (Å²) in [6.07, 6.45) is 0.213. The smallest absolute Gasteiger partial charge is 0.441 e. The normalized spacial score (nSPS) is 18.9. The first-order chi connectivity index (χ1) is 17.1. The molecule has 15 nitrogen and oxygen atoms in total. The number of nitrogen functional groups attached to an aromatic ring is 1. The molecule has 6 N–H and O–H groups in total. The molecule has 2 atom stereocenters. The van der Waals surface area contributed by atoms with Crippen LogP contribution in [0.15, 0.2) is 21.8 Å². The number of anilines is 2. The predicted octanol–water partition coefficient (Wildman–Crippen LogP) is 0.288. The van der Waals surface area contributed by atoms with Gasteiger partial charge in [-0.25, -0.2) is 19.4 Å². The van der Waals surface area contributed by atoms with Crippen molar-refractivity contribution in [3.8, 4) is 0 Å². The standard InChI is InChI=1S/C19H23N7O8S2/c1-2-3-4-25(10-8-36-17(20)23-10)19(32)34-22-5-11(27)24-12-14(28)26-13(16(29)30)9(6-33-18(21)31)7-35-15(12)26/h5,8,12,15H,2-4,6-7H2,1H3,(H2,20,23)(H2,21,31)(H,24,27)(H,29,30)/b22-5+. The van der Waals surface area contributed by atoms with Gasteiger partial charge in [0.25, 0.3) is 11.8 Å². The summed E-state index contributed by atoms with van der Waals surface area (Å²) in [7, 11) is 0. The molecule has 2 unspecified atom stereocenters. The fourth-order valence-electron chi connectivity index (χ4n) is 3.33. The zero-order valence-corrected chi connectivity index (χ0v) is 20.5. The van der Waals surface area contributed by atoms with Crippen LogP contribution in [0.25, 0.3) is 0 Å². The molecule has 1 aromatic rings. The lowest BCUT2D eigenvalue weighted by atomic mass is 10.0. The lowest BCUT2D eigenvalue weighted by molar-refractivity contribution is -0.150. The summed E-state index contributed by atoms with van der Waals surface area (Å²) in [5.41, 5.74) is 10.4. The molecule has 0 bridgehead atoms. The summed E-state index contributed by atoms with van der Waals surface area (Å²) in [5, 5.41) is 16.5. The van der Waals surface area contributed by atoms with E-state index in [0.29, 0.717) is 25.0 Å². The number of carbonyl (C=O) groups excluding carboxylic acids is 4. The van der Waals surface area contributed by atoms with Crippen LogP contribution in [0.4, 0.5) is 20.5 Å². The average molecular weight is 542 g/mol. The Hall–Kier alpha value is -3.86. The molecular formula is C19H23N7O8S2. The Kier molecular flexibility index (Phi) is 8.70. The Morgan fingerprint density at radius 3 is 2.78 bits per heavy atom. The van der Waals surface area contributed by atoms with Gasteiger partial charge in [-0.3, -0.25) is 24.2 Å². The highest BCUT2D eigenvalue weighted by Gasteiger charge is 2.54. The van der Waals surface area contributed by atoms with Gasteiger partial charge in [-0.2, -0.15) is 0 Å². The van der Waals surface area contributed by atoms with Crippen LogP contribution < -0.4 is 21.7 Å². The van der Waals surface area contributed by atoms with Crippen LogP contribution in [0.2, 0.25) is 0 Å². The van der Waals surface area contributed by atoms with Crippen molar-refractivity contribution in [2.75, 3.05) is 29.5 Å². The molecule has 1 fully saturated rings. The number of unbranched alkanes of at least 4 members (excludes halogenated alkanes) is 1. The monoisotopic (exact) mass is 541 g/mol. The van der Waals surface area contributed by atoms with Gasteiger partial charge in [0.05, 0.1) is 0 Å². The number of nitrogens with two attached hydrogens (primary N) is 2. The van der Waals surface area contributed by atoms with Crippen molar-refractivity contribution in [3.63, 3.8) is 0 Å². The number of primary amides is 1. The number of carboxylic acid groups (broad SMARTS) is 1. The quantitative estimate of drug-likeness (QED) is 0.136. The topological polar surface area (TPSA) is 220 Å². The van der Waals surface area contributed by atoms with Gasteiger partial charge < -0.3 is 26.6 Å². The van der Waals surface area contributed by atoms with Gasteiger partial charge in [0.15, 0.2) is 10.9 Å². The Morgan fingerprint density at radius 2 is 2.17 bits per heavy atom.